The minimum absolute atomic E-state index is 0.0408. The molecule has 1 amide bonds. The Hall–Kier alpha value is -1.69. The Morgan fingerprint density at radius 3 is 2.31 bits per heavy atom. The van der Waals surface area contributed by atoms with Gasteiger partial charge < -0.3 is 10.7 Å². The molecule has 0 aliphatic heterocycles. The second kappa shape index (κ2) is 4.05. The van der Waals surface area contributed by atoms with E-state index in [1.165, 1.54) is 0 Å². The number of nitrogen functional groups attached to an aromatic ring is 1. The van der Waals surface area contributed by atoms with Crippen LogP contribution in [0.5, 0.6) is 0 Å². The molecule has 0 heterocycles. The number of nitrogens with one attached hydrogen (secondary N) is 2. The van der Waals surface area contributed by atoms with E-state index in [0.29, 0.717) is 0 Å². The molecular weight excluding hydrogens is 216 g/mol. The molecule has 1 aromatic carbocycles. The maximum Gasteiger partial charge on any atom is 0.251 e. The van der Waals surface area contributed by atoms with Gasteiger partial charge in [0.1, 0.15) is 5.69 Å². The van der Waals surface area contributed by atoms with Crippen LogP contribution >= 0.6 is 0 Å². The van der Waals surface area contributed by atoms with Crippen molar-refractivity contribution in [3.63, 3.8) is 0 Å². The molecule has 86 valence electrons. The van der Waals surface area contributed by atoms with Crippen LogP contribution in [0.3, 0.4) is 0 Å². The van der Waals surface area contributed by atoms with Gasteiger partial charge in [0.05, 0.1) is 0 Å². The summed E-state index contributed by atoms with van der Waals surface area (Å²) in [6.45, 7) is 0. The summed E-state index contributed by atoms with van der Waals surface area (Å²) in [5.41, 5.74) is 1.42. The first-order valence-electron chi connectivity index (χ1n) is 4.88. The summed E-state index contributed by atoms with van der Waals surface area (Å²) < 4.78 is 26.5. The molecule has 6 heteroatoms. The van der Waals surface area contributed by atoms with Gasteiger partial charge in [-0.1, -0.05) is 0 Å². The van der Waals surface area contributed by atoms with Gasteiger partial charge in [0.25, 0.3) is 5.91 Å². The van der Waals surface area contributed by atoms with Gasteiger partial charge in [-0.25, -0.2) is 8.78 Å². The maximum atomic E-state index is 13.3. The Kier molecular flexibility index (Phi) is 2.74. The molecule has 0 radical (unpaired) electrons. The van der Waals surface area contributed by atoms with Crippen molar-refractivity contribution in [3.05, 3.63) is 29.3 Å². The Balaban J connectivity index is 2.24. The molecule has 0 bridgehead atoms. The Bertz CT molecular complexity index is 409. The zero-order valence-corrected chi connectivity index (χ0v) is 8.39. The van der Waals surface area contributed by atoms with Crippen molar-refractivity contribution in [2.45, 2.75) is 18.9 Å². The first-order valence-corrected chi connectivity index (χ1v) is 4.88. The molecule has 2 rings (SSSR count). The fraction of sp³-hybridized carbons (Fsp3) is 0.300. The van der Waals surface area contributed by atoms with Crippen molar-refractivity contribution in [3.8, 4) is 0 Å². The smallest absolute Gasteiger partial charge is 0.251 e. The summed E-state index contributed by atoms with van der Waals surface area (Å²) in [4.78, 5) is 11.5. The Labute approximate surface area is 90.8 Å². The predicted molar refractivity (Wildman–Crippen MR) is 54.7 cm³/mol. The van der Waals surface area contributed by atoms with Gasteiger partial charge in [0, 0.05) is 11.6 Å². The molecule has 1 aromatic rings. The van der Waals surface area contributed by atoms with E-state index in [1.807, 2.05) is 5.43 Å². The van der Waals surface area contributed by atoms with E-state index in [-0.39, 0.29) is 11.6 Å². The van der Waals surface area contributed by atoms with Crippen LogP contribution in [0.15, 0.2) is 12.1 Å². The number of rotatable bonds is 3. The van der Waals surface area contributed by atoms with E-state index >= 15 is 0 Å². The van der Waals surface area contributed by atoms with Gasteiger partial charge in [-0.3, -0.25) is 10.6 Å². The van der Waals surface area contributed by atoms with Crippen molar-refractivity contribution >= 4 is 11.6 Å². The number of halogens is 2. The topological polar surface area (TPSA) is 67.1 Å². The first kappa shape index (κ1) is 10.8. The van der Waals surface area contributed by atoms with Crippen molar-refractivity contribution in [2.75, 3.05) is 5.43 Å². The molecule has 0 unspecified atom stereocenters. The number of hydrogen-bond acceptors (Lipinski definition) is 3. The molecule has 4 nitrogen and oxygen atoms in total. The minimum atomic E-state index is -0.886. The van der Waals surface area contributed by atoms with Gasteiger partial charge in [-0.2, -0.15) is 0 Å². The predicted octanol–water partition coefficient (Wildman–Crippen LogP) is 1.14. The maximum absolute atomic E-state index is 13.3. The van der Waals surface area contributed by atoms with E-state index < -0.39 is 23.2 Å². The Morgan fingerprint density at radius 1 is 1.31 bits per heavy atom. The minimum Gasteiger partial charge on any atom is -0.349 e. The highest BCUT2D eigenvalue weighted by molar-refractivity contribution is 5.95. The van der Waals surface area contributed by atoms with Crippen LogP contribution in [-0.2, 0) is 0 Å². The zero-order chi connectivity index (χ0) is 11.7. The summed E-state index contributed by atoms with van der Waals surface area (Å²) in [6, 6.07) is 2.05. The molecule has 0 aromatic heterocycles. The largest absolute Gasteiger partial charge is 0.349 e. The SMILES string of the molecule is NNc1c(F)cc(C(=O)NC2CC2)cc1F. The van der Waals surface area contributed by atoms with Gasteiger partial charge in [-0.15, -0.1) is 0 Å². The standard InChI is InChI=1S/C10H11F2N3O/c11-7-3-5(4-8(12)9(7)15-13)10(16)14-6-1-2-6/h3-4,6,15H,1-2,13H2,(H,14,16). The average molecular weight is 227 g/mol. The average Bonchev–Trinajstić information content (AvgIpc) is 3.01. The summed E-state index contributed by atoms with van der Waals surface area (Å²) in [7, 11) is 0. The molecule has 1 aliphatic carbocycles. The molecular formula is C10H11F2N3O. The molecule has 1 fully saturated rings. The second-order valence-corrected chi connectivity index (χ2v) is 3.71. The van der Waals surface area contributed by atoms with Gasteiger partial charge in [0.2, 0.25) is 0 Å². The van der Waals surface area contributed by atoms with Crippen LogP contribution < -0.4 is 16.6 Å². The highest BCUT2D eigenvalue weighted by atomic mass is 19.1. The molecule has 1 saturated carbocycles. The number of nitrogens with two attached hydrogens (primary N) is 1. The van der Waals surface area contributed by atoms with Gasteiger partial charge in [0.15, 0.2) is 11.6 Å². The first-order chi connectivity index (χ1) is 7.61. The Morgan fingerprint density at radius 2 is 1.88 bits per heavy atom. The van der Waals surface area contributed by atoms with Gasteiger partial charge in [-0.05, 0) is 25.0 Å². The second-order valence-electron chi connectivity index (χ2n) is 3.71. The van der Waals surface area contributed by atoms with Gasteiger partial charge >= 0.3 is 0 Å². The van der Waals surface area contributed by atoms with Crippen molar-refractivity contribution in [2.24, 2.45) is 5.84 Å². The lowest BCUT2D eigenvalue weighted by Crippen LogP contribution is -2.25. The number of hydrazine groups is 1. The summed E-state index contributed by atoms with van der Waals surface area (Å²) in [6.07, 6.45) is 1.83. The van der Waals surface area contributed by atoms with E-state index in [0.717, 1.165) is 25.0 Å². The summed E-state index contributed by atoms with van der Waals surface area (Å²) in [5.74, 6) is 2.70. The fourth-order valence-corrected chi connectivity index (χ4v) is 1.34. The highest BCUT2D eigenvalue weighted by Gasteiger charge is 2.24. The quantitative estimate of drug-likeness (QED) is 0.536. The molecule has 0 atom stereocenters. The van der Waals surface area contributed by atoms with Crippen LogP contribution in [0.4, 0.5) is 14.5 Å². The number of amides is 1. The van der Waals surface area contributed by atoms with Crippen LogP contribution in [0.25, 0.3) is 0 Å². The fourth-order valence-electron chi connectivity index (χ4n) is 1.34. The monoisotopic (exact) mass is 227 g/mol. The van der Waals surface area contributed by atoms with Crippen molar-refractivity contribution in [1.82, 2.24) is 5.32 Å². The van der Waals surface area contributed by atoms with E-state index in [2.05, 4.69) is 5.32 Å². The lowest BCUT2D eigenvalue weighted by molar-refractivity contribution is 0.0950. The van der Waals surface area contributed by atoms with E-state index in [1.54, 1.807) is 0 Å². The molecule has 0 spiro atoms. The molecule has 0 saturated heterocycles. The third kappa shape index (κ3) is 2.11. The summed E-state index contributed by atoms with van der Waals surface area (Å²) >= 11 is 0. The number of carbonyl (C=O) groups excluding carboxylic acids is 1. The molecule has 4 N–H and O–H groups in total. The third-order valence-electron chi connectivity index (χ3n) is 2.36. The van der Waals surface area contributed by atoms with Crippen LogP contribution in [0.2, 0.25) is 0 Å². The van der Waals surface area contributed by atoms with Crippen LogP contribution in [-0.4, -0.2) is 11.9 Å². The van der Waals surface area contributed by atoms with Crippen molar-refractivity contribution in [1.29, 1.82) is 0 Å². The highest BCUT2D eigenvalue weighted by Crippen LogP contribution is 2.22. The number of hydrogen-bond donors (Lipinski definition) is 3. The zero-order valence-electron chi connectivity index (χ0n) is 8.39. The number of benzene rings is 1. The molecule has 1 aliphatic rings. The lowest BCUT2D eigenvalue weighted by Gasteiger charge is -2.07. The third-order valence-corrected chi connectivity index (χ3v) is 2.36. The number of carbonyl (C=O) groups is 1. The van der Waals surface area contributed by atoms with E-state index in [4.69, 9.17) is 5.84 Å². The lowest BCUT2D eigenvalue weighted by atomic mass is 10.1. The van der Waals surface area contributed by atoms with Crippen LogP contribution in [0, 0.1) is 11.6 Å². The summed E-state index contributed by atoms with van der Waals surface area (Å²) in [5, 5.41) is 2.64. The van der Waals surface area contributed by atoms with Crippen LogP contribution in [0.1, 0.15) is 23.2 Å². The normalized spacial score (nSPS) is 14.7. The molecule has 16 heavy (non-hydrogen) atoms. The number of anilines is 1. The van der Waals surface area contributed by atoms with Crippen molar-refractivity contribution < 1.29 is 13.6 Å². The van der Waals surface area contributed by atoms with E-state index in [9.17, 15) is 13.6 Å².